The molecule has 0 radical (unpaired) electrons. The Labute approximate surface area is 90.4 Å². The number of nitrogens with one attached hydrogen (secondary N) is 1. The highest BCUT2D eigenvalue weighted by Gasteiger charge is 2.25. The van der Waals surface area contributed by atoms with Crippen molar-refractivity contribution in [2.45, 2.75) is 12.1 Å². The predicted molar refractivity (Wildman–Crippen MR) is 56.2 cm³/mol. The molecule has 1 aromatic heterocycles. The lowest BCUT2D eigenvalue weighted by Gasteiger charge is -2.15. The minimum Gasteiger partial charge on any atom is -0.388 e. The molecule has 2 rings (SSSR count). The SMILES string of the molecule is O[C@@H]1COC[C@H]1Nc1cncc(Br)c1. The van der Waals surface area contributed by atoms with Crippen LogP contribution in [-0.4, -0.2) is 35.5 Å². The summed E-state index contributed by atoms with van der Waals surface area (Å²) in [4.78, 5) is 4.02. The number of pyridine rings is 1. The third-order valence-corrected chi connectivity index (χ3v) is 2.54. The van der Waals surface area contributed by atoms with Crippen LogP contribution >= 0.6 is 15.9 Å². The van der Waals surface area contributed by atoms with Crippen LogP contribution in [0.4, 0.5) is 5.69 Å². The second-order valence-electron chi connectivity index (χ2n) is 3.25. The fourth-order valence-corrected chi connectivity index (χ4v) is 1.75. The Morgan fingerprint density at radius 2 is 2.36 bits per heavy atom. The summed E-state index contributed by atoms with van der Waals surface area (Å²) in [5, 5.41) is 12.7. The Kier molecular flexibility index (Phi) is 3.00. The van der Waals surface area contributed by atoms with Crippen molar-refractivity contribution in [2.75, 3.05) is 18.5 Å². The van der Waals surface area contributed by atoms with Gasteiger partial charge in [-0.25, -0.2) is 0 Å². The fraction of sp³-hybridized carbons (Fsp3) is 0.444. The van der Waals surface area contributed by atoms with Crippen molar-refractivity contribution in [2.24, 2.45) is 0 Å². The lowest BCUT2D eigenvalue weighted by molar-refractivity contribution is 0.125. The van der Waals surface area contributed by atoms with Gasteiger partial charge in [0.2, 0.25) is 0 Å². The topological polar surface area (TPSA) is 54.4 Å². The van der Waals surface area contributed by atoms with E-state index in [0.717, 1.165) is 10.2 Å². The Bertz CT molecular complexity index is 321. The summed E-state index contributed by atoms with van der Waals surface area (Å²) in [6, 6.07) is 1.88. The molecule has 0 amide bonds. The molecule has 2 heterocycles. The van der Waals surface area contributed by atoms with Gasteiger partial charge in [0.25, 0.3) is 0 Å². The molecule has 1 aliphatic rings. The number of aliphatic hydroxyl groups is 1. The van der Waals surface area contributed by atoms with Crippen LogP contribution < -0.4 is 5.32 Å². The number of hydrogen-bond acceptors (Lipinski definition) is 4. The van der Waals surface area contributed by atoms with Crippen molar-refractivity contribution in [1.82, 2.24) is 4.98 Å². The summed E-state index contributed by atoms with van der Waals surface area (Å²) in [6.45, 7) is 0.937. The molecule has 2 atom stereocenters. The molecule has 1 fully saturated rings. The van der Waals surface area contributed by atoms with Crippen LogP contribution in [0.1, 0.15) is 0 Å². The number of ether oxygens (including phenoxy) is 1. The quantitative estimate of drug-likeness (QED) is 0.832. The normalized spacial score (nSPS) is 26.4. The molecule has 0 spiro atoms. The standard InChI is InChI=1S/C9H11BrN2O2/c10-6-1-7(3-11-2-6)12-8-4-14-5-9(8)13/h1-3,8-9,12-13H,4-5H2/t8-,9-/m1/s1. The predicted octanol–water partition coefficient (Wildman–Crippen LogP) is 1.02. The number of rotatable bonds is 2. The van der Waals surface area contributed by atoms with E-state index in [2.05, 4.69) is 26.2 Å². The van der Waals surface area contributed by atoms with E-state index in [4.69, 9.17) is 4.74 Å². The van der Waals surface area contributed by atoms with Gasteiger partial charge in [-0.05, 0) is 22.0 Å². The fourth-order valence-electron chi connectivity index (χ4n) is 1.39. The van der Waals surface area contributed by atoms with E-state index in [-0.39, 0.29) is 6.04 Å². The van der Waals surface area contributed by atoms with Crippen LogP contribution in [0, 0.1) is 0 Å². The van der Waals surface area contributed by atoms with E-state index in [0.29, 0.717) is 13.2 Å². The smallest absolute Gasteiger partial charge is 0.0996 e. The van der Waals surface area contributed by atoms with Crippen LogP contribution in [0.15, 0.2) is 22.9 Å². The molecule has 14 heavy (non-hydrogen) atoms. The maximum absolute atomic E-state index is 9.50. The van der Waals surface area contributed by atoms with E-state index in [9.17, 15) is 5.11 Å². The molecule has 0 saturated carbocycles. The largest absolute Gasteiger partial charge is 0.388 e. The molecule has 0 bridgehead atoms. The van der Waals surface area contributed by atoms with E-state index in [1.54, 1.807) is 12.4 Å². The summed E-state index contributed by atoms with van der Waals surface area (Å²) < 4.78 is 6.04. The molecule has 5 heteroatoms. The van der Waals surface area contributed by atoms with Gasteiger partial charge in [0.15, 0.2) is 0 Å². The first kappa shape index (κ1) is 9.89. The summed E-state index contributed by atoms with van der Waals surface area (Å²) in [5.41, 5.74) is 0.883. The van der Waals surface area contributed by atoms with E-state index < -0.39 is 6.10 Å². The number of halogens is 1. The second-order valence-corrected chi connectivity index (χ2v) is 4.16. The Morgan fingerprint density at radius 3 is 3.00 bits per heavy atom. The lowest BCUT2D eigenvalue weighted by atomic mass is 10.2. The van der Waals surface area contributed by atoms with Gasteiger partial charge in [-0.2, -0.15) is 0 Å². The van der Waals surface area contributed by atoms with Gasteiger partial charge < -0.3 is 15.2 Å². The highest BCUT2D eigenvalue weighted by molar-refractivity contribution is 9.10. The Hall–Kier alpha value is -0.650. The third-order valence-electron chi connectivity index (χ3n) is 2.11. The van der Waals surface area contributed by atoms with Gasteiger partial charge in [0.05, 0.1) is 37.2 Å². The molecular weight excluding hydrogens is 248 g/mol. The molecule has 76 valence electrons. The molecular formula is C9H11BrN2O2. The van der Waals surface area contributed by atoms with E-state index in [1.807, 2.05) is 6.07 Å². The van der Waals surface area contributed by atoms with E-state index in [1.165, 1.54) is 0 Å². The third kappa shape index (κ3) is 2.23. The van der Waals surface area contributed by atoms with Crippen molar-refractivity contribution in [3.8, 4) is 0 Å². The van der Waals surface area contributed by atoms with Gasteiger partial charge in [-0.15, -0.1) is 0 Å². The molecule has 0 unspecified atom stereocenters. The number of aromatic nitrogens is 1. The average molecular weight is 259 g/mol. The maximum atomic E-state index is 9.50. The average Bonchev–Trinajstić information content (AvgIpc) is 2.52. The van der Waals surface area contributed by atoms with Crippen LogP contribution in [-0.2, 0) is 4.74 Å². The van der Waals surface area contributed by atoms with Crippen LogP contribution in [0.25, 0.3) is 0 Å². The van der Waals surface area contributed by atoms with Crippen molar-refractivity contribution in [3.05, 3.63) is 22.9 Å². The second kappa shape index (κ2) is 4.25. The molecule has 1 aliphatic heterocycles. The van der Waals surface area contributed by atoms with Gasteiger partial charge in [0.1, 0.15) is 0 Å². The van der Waals surface area contributed by atoms with Gasteiger partial charge in [-0.1, -0.05) is 0 Å². The summed E-state index contributed by atoms with van der Waals surface area (Å²) >= 11 is 3.33. The number of nitrogens with zero attached hydrogens (tertiary/aromatic N) is 1. The lowest BCUT2D eigenvalue weighted by Crippen LogP contribution is -2.31. The number of anilines is 1. The zero-order valence-corrected chi connectivity index (χ0v) is 9.07. The summed E-state index contributed by atoms with van der Waals surface area (Å²) in [6.07, 6.45) is 3.00. The Morgan fingerprint density at radius 1 is 1.50 bits per heavy atom. The van der Waals surface area contributed by atoms with Crippen LogP contribution in [0.3, 0.4) is 0 Å². The molecule has 0 aromatic carbocycles. The van der Waals surface area contributed by atoms with E-state index >= 15 is 0 Å². The van der Waals surface area contributed by atoms with Crippen LogP contribution in [0.2, 0.25) is 0 Å². The summed E-state index contributed by atoms with van der Waals surface area (Å²) in [5.74, 6) is 0. The minimum absolute atomic E-state index is 0.0360. The number of aliphatic hydroxyl groups excluding tert-OH is 1. The van der Waals surface area contributed by atoms with Crippen molar-refractivity contribution < 1.29 is 9.84 Å². The van der Waals surface area contributed by atoms with Crippen molar-refractivity contribution in [3.63, 3.8) is 0 Å². The Balaban J connectivity index is 2.03. The first-order valence-corrected chi connectivity index (χ1v) is 5.18. The van der Waals surface area contributed by atoms with Crippen molar-refractivity contribution >= 4 is 21.6 Å². The molecule has 1 aromatic rings. The first-order valence-electron chi connectivity index (χ1n) is 4.38. The monoisotopic (exact) mass is 258 g/mol. The molecule has 2 N–H and O–H groups in total. The van der Waals surface area contributed by atoms with Gasteiger partial charge >= 0.3 is 0 Å². The van der Waals surface area contributed by atoms with Gasteiger partial charge in [-0.3, -0.25) is 4.98 Å². The number of hydrogen-bond donors (Lipinski definition) is 2. The zero-order chi connectivity index (χ0) is 9.97. The van der Waals surface area contributed by atoms with Crippen LogP contribution in [0.5, 0.6) is 0 Å². The zero-order valence-electron chi connectivity index (χ0n) is 7.48. The molecule has 0 aliphatic carbocycles. The highest BCUT2D eigenvalue weighted by atomic mass is 79.9. The molecule has 1 saturated heterocycles. The molecule has 4 nitrogen and oxygen atoms in total. The summed E-state index contributed by atoms with van der Waals surface area (Å²) in [7, 11) is 0. The van der Waals surface area contributed by atoms with Crippen molar-refractivity contribution in [1.29, 1.82) is 0 Å². The first-order chi connectivity index (χ1) is 6.75. The van der Waals surface area contributed by atoms with Gasteiger partial charge in [0, 0.05) is 10.7 Å². The maximum Gasteiger partial charge on any atom is 0.0996 e. The highest BCUT2D eigenvalue weighted by Crippen LogP contribution is 2.17. The minimum atomic E-state index is -0.436.